The second kappa shape index (κ2) is 7.55. The number of hydrogen-bond donors (Lipinski definition) is 2. The topological polar surface area (TPSA) is 93.5 Å². The number of aromatic nitrogens is 6. The van der Waals surface area contributed by atoms with Crippen LogP contribution in [0.2, 0.25) is 0 Å². The van der Waals surface area contributed by atoms with E-state index in [1.165, 1.54) is 23.1 Å². The Labute approximate surface area is 156 Å². The predicted octanol–water partition coefficient (Wildman–Crippen LogP) is 3.45. The molecule has 2 N–H and O–H groups in total. The van der Waals surface area contributed by atoms with Crippen molar-refractivity contribution in [2.75, 3.05) is 12.0 Å². The first-order valence-corrected chi connectivity index (χ1v) is 8.22. The zero-order valence-corrected chi connectivity index (χ0v) is 14.3. The van der Waals surface area contributed by atoms with Gasteiger partial charge >= 0.3 is 6.61 Å². The molecule has 0 aliphatic heterocycles. The molecule has 0 aliphatic rings. The van der Waals surface area contributed by atoms with Gasteiger partial charge in [0.15, 0.2) is 11.5 Å². The lowest BCUT2D eigenvalue weighted by atomic mass is 10.1. The molecule has 0 radical (unpaired) electrons. The molecule has 0 amide bonds. The average molecular weight is 389 g/mol. The summed E-state index contributed by atoms with van der Waals surface area (Å²) in [5, 5.41) is 13.2. The van der Waals surface area contributed by atoms with Crippen LogP contribution in [0, 0.1) is 0 Å². The number of aromatic amines is 1. The Kier molecular flexibility index (Phi) is 4.79. The van der Waals surface area contributed by atoms with Crippen molar-refractivity contribution in [1.82, 2.24) is 29.9 Å². The predicted molar refractivity (Wildman–Crippen MR) is 94.4 cm³/mol. The fourth-order valence-corrected chi connectivity index (χ4v) is 2.74. The van der Waals surface area contributed by atoms with Crippen LogP contribution in [0.4, 0.5) is 24.8 Å². The molecule has 11 heteroatoms. The highest BCUT2D eigenvalue weighted by molar-refractivity contribution is 5.72. The van der Waals surface area contributed by atoms with E-state index < -0.39 is 19.3 Å². The van der Waals surface area contributed by atoms with Crippen LogP contribution in [0.3, 0.4) is 0 Å². The van der Waals surface area contributed by atoms with Crippen LogP contribution in [0.15, 0.2) is 48.8 Å². The van der Waals surface area contributed by atoms with Gasteiger partial charge in [-0.3, -0.25) is 5.10 Å². The van der Waals surface area contributed by atoms with Crippen LogP contribution in [0.5, 0.6) is 5.88 Å². The van der Waals surface area contributed by atoms with E-state index in [0.29, 0.717) is 17.0 Å². The number of anilines is 2. The number of rotatable bonds is 7. The number of halogens is 3. The fraction of sp³-hybridized carbons (Fsp3) is 0.176. The minimum Gasteiger partial charge on any atom is -0.415 e. The second-order valence-corrected chi connectivity index (χ2v) is 5.76. The Morgan fingerprint density at radius 3 is 2.75 bits per heavy atom. The summed E-state index contributed by atoms with van der Waals surface area (Å²) in [6, 6.07) is 9.70. The highest BCUT2D eigenvalue weighted by atomic mass is 19.3. The van der Waals surface area contributed by atoms with Gasteiger partial charge in [-0.25, -0.2) is 19.0 Å². The summed E-state index contributed by atoms with van der Waals surface area (Å²) in [4.78, 5) is 8.67. The molecule has 3 aromatic heterocycles. The van der Waals surface area contributed by atoms with Crippen molar-refractivity contribution >= 4 is 22.8 Å². The number of ether oxygens (including phenoxy) is 1. The average Bonchev–Trinajstić information content (AvgIpc) is 3.30. The number of fused-ring (bicyclic) bond motifs is 1. The maximum absolute atomic E-state index is 13.8. The summed E-state index contributed by atoms with van der Waals surface area (Å²) in [5.74, 6) is 0.311. The van der Waals surface area contributed by atoms with Gasteiger partial charge in [-0.1, -0.05) is 30.3 Å². The van der Waals surface area contributed by atoms with Gasteiger partial charge in [0.05, 0.1) is 12.4 Å². The Balaban J connectivity index is 1.63. The third-order valence-corrected chi connectivity index (χ3v) is 3.96. The smallest absolute Gasteiger partial charge is 0.388 e. The van der Waals surface area contributed by atoms with Crippen LogP contribution in [0.25, 0.3) is 11.2 Å². The SMILES string of the molecule is FC[C@H](c1ccccc1)n1ncc2ncc(Nc3cc(OC(F)F)n[nH]3)nc21. The van der Waals surface area contributed by atoms with Gasteiger partial charge in [-0.05, 0) is 5.56 Å². The maximum Gasteiger partial charge on any atom is 0.388 e. The Hall–Kier alpha value is -3.63. The third-order valence-electron chi connectivity index (χ3n) is 3.96. The standard InChI is InChI=1S/C17H14F3N7O/c18-7-12(10-4-2-1-3-5-10)27-16-11(8-22-27)21-9-14(24-16)23-13-6-15(26-25-13)28-17(19)20/h1-6,8-9,12,17H,7H2,(H2,23,24,25,26)/t12-/m1/s1. The molecule has 0 unspecified atom stereocenters. The van der Waals surface area contributed by atoms with Gasteiger partial charge in [-0.2, -0.15) is 13.9 Å². The molecule has 0 saturated heterocycles. The second-order valence-electron chi connectivity index (χ2n) is 5.76. The molecule has 144 valence electrons. The Morgan fingerprint density at radius 2 is 2.00 bits per heavy atom. The number of nitrogens with one attached hydrogen (secondary N) is 2. The summed E-state index contributed by atoms with van der Waals surface area (Å²) in [5.41, 5.74) is 1.61. The van der Waals surface area contributed by atoms with Crippen LogP contribution in [0.1, 0.15) is 11.6 Å². The van der Waals surface area contributed by atoms with Gasteiger partial charge < -0.3 is 10.1 Å². The molecular formula is C17H14F3N7O. The Morgan fingerprint density at radius 1 is 1.18 bits per heavy atom. The first-order valence-electron chi connectivity index (χ1n) is 8.22. The zero-order chi connectivity index (χ0) is 19.5. The molecule has 28 heavy (non-hydrogen) atoms. The Bertz CT molecular complexity index is 1070. The summed E-state index contributed by atoms with van der Waals surface area (Å²) in [6.07, 6.45) is 2.94. The minimum atomic E-state index is -2.97. The van der Waals surface area contributed by atoms with Crippen molar-refractivity contribution in [3.8, 4) is 5.88 Å². The molecule has 0 fully saturated rings. The van der Waals surface area contributed by atoms with E-state index in [-0.39, 0.29) is 11.7 Å². The number of H-pyrrole nitrogens is 1. The van der Waals surface area contributed by atoms with Gasteiger partial charge in [0, 0.05) is 6.07 Å². The lowest BCUT2D eigenvalue weighted by molar-refractivity contribution is -0.0528. The van der Waals surface area contributed by atoms with E-state index in [9.17, 15) is 13.2 Å². The summed E-state index contributed by atoms with van der Waals surface area (Å²) >= 11 is 0. The first-order chi connectivity index (χ1) is 13.6. The van der Waals surface area contributed by atoms with Crippen LogP contribution < -0.4 is 10.1 Å². The maximum atomic E-state index is 13.8. The monoisotopic (exact) mass is 389 g/mol. The number of benzene rings is 1. The molecular weight excluding hydrogens is 375 g/mol. The highest BCUT2D eigenvalue weighted by Crippen LogP contribution is 2.24. The molecule has 8 nitrogen and oxygen atoms in total. The van der Waals surface area contributed by atoms with Crippen molar-refractivity contribution in [3.05, 3.63) is 54.4 Å². The van der Waals surface area contributed by atoms with E-state index in [1.807, 2.05) is 30.3 Å². The van der Waals surface area contributed by atoms with Crippen LogP contribution in [-0.4, -0.2) is 43.2 Å². The summed E-state index contributed by atoms with van der Waals surface area (Å²) in [7, 11) is 0. The van der Waals surface area contributed by atoms with Crippen LogP contribution in [-0.2, 0) is 0 Å². The molecule has 1 aromatic carbocycles. The van der Waals surface area contributed by atoms with Crippen molar-refractivity contribution in [3.63, 3.8) is 0 Å². The van der Waals surface area contributed by atoms with E-state index in [1.54, 1.807) is 0 Å². The van der Waals surface area contributed by atoms with E-state index in [4.69, 9.17) is 0 Å². The first kappa shape index (κ1) is 17.8. The third kappa shape index (κ3) is 3.59. The molecule has 0 spiro atoms. The quantitative estimate of drug-likeness (QED) is 0.503. The number of nitrogens with zero attached hydrogens (tertiary/aromatic N) is 5. The molecule has 0 bridgehead atoms. The molecule has 1 atom stereocenters. The van der Waals surface area contributed by atoms with Crippen molar-refractivity contribution < 1.29 is 17.9 Å². The molecule has 0 aliphatic carbocycles. The van der Waals surface area contributed by atoms with E-state index in [2.05, 4.69) is 35.3 Å². The zero-order valence-electron chi connectivity index (χ0n) is 14.3. The van der Waals surface area contributed by atoms with Gasteiger partial charge in [-0.15, -0.1) is 5.10 Å². The molecule has 3 heterocycles. The summed E-state index contributed by atoms with van der Waals surface area (Å²) in [6.45, 7) is -3.65. The lowest BCUT2D eigenvalue weighted by Crippen LogP contribution is -2.15. The van der Waals surface area contributed by atoms with Crippen LogP contribution >= 0.6 is 0 Å². The minimum absolute atomic E-state index is 0.266. The van der Waals surface area contributed by atoms with Crippen molar-refractivity contribution in [2.24, 2.45) is 0 Å². The molecule has 0 saturated carbocycles. The van der Waals surface area contributed by atoms with Crippen molar-refractivity contribution in [2.45, 2.75) is 12.7 Å². The van der Waals surface area contributed by atoms with Gasteiger partial charge in [0.25, 0.3) is 0 Å². The fourth-order valence-electron chi connectivity index (χ4n) is 2.74. The largest absolute Gasteiger partial charge is 0.415 e. The van der Waals surface area contributed by atoms with E-state index in [0.717, 1.165) is 5.56 Å². The van der Waals surface area contributed by atoms with Gasteiger partial charge in [0.2, 0.25) is 5.88 Å². The number of hydrogen-bond acceptors (Lipinski definition) is 6. The molecule has 4 aromatic rings. The van der Waals surface area contributed by atoms with Gasteiger partial charge in [0.1, 0.15) is 24.1 Å². The number of alkyl halides is 3. The van der Waals surface area contributed by atoms with E-state index >= 15 is 0 Å². The summed E-state index contributed by atoms with van der Waals surface area (Å²) < 4.78 is 43.9. The normalized spacial score (nSPS) is 12.4. The highest BCUT2D eigenvalue weighted by Gasteiger charge is 2.19. The van der Waals surface area contributed by atoms with Crippen molar-refractivity contribution in [1.29, 1.82) is 0 Å². The molecule has 4 rings (SSSR count). The lowest BCUT2D eigenvalue weighted by Gasteiger charge is -2.15.